The Morgan fingerprint density at radius 3 is 2.63 bits per heavy atom. The SMILES string of the molecule is Cc1cccc(CN2CCN(C(=NCC(=O)N(C)C)NCCc3ccco3)CC2)c1. The molecule has 1 aliphatic heterocycles. The topological polar surface area (TPSA) is 64.3 Å². The van der Waals surface area contributed by atoms with E-state index < -0.39 is 0 Å². The van der Waals surface area contributed by atoms with E-state index >= 15 is 0 Å². The molecule has 2 aromatic rings. The summed E-state index contributed by atoms with van der Waals surface area (Å²) in [5, 5.41) is 3.42. The van der Waals surface area contributed by atoms with Crippen molar-refractivity contribution in [2.24, 2.45) is 4.99 Å². The van der Waals surface area contributed by atoms with Crippen LogP contribution in [-0.2, 0) is 17.8 Å². The second-order valence-corrected chi connectivity index (χ2v) is 7.94. The molecule has 1 amide bonds. The number of rotatable bonds is 7. The molecule has 1 aromatic carbocycles. The van der Waals surface area contributed by atoms with E-state index in [0.29, 0.717) is 6.54 Å². The Balaban J connectivity index is 1.55. The van der Waals surface area contributed by atoms with Crippen LogP contribution < -0.4 is 5.32 Å². The van der Waals surface area contributed by atoms with E-state index in [0.717, 1.165) is 50.9 Å². The van der Waals surface area contributed by atoms with Gasteiger partial charge in [0.05, 0.1) is 6.26 Å². The summed E-state index contributed by atoms with van der Waals surface area (Å²) >= 11 is 0. The number of hydrogen-bond acceptors (Lipinski definition) is 4. The molecule has 0 atom stereocenters. The second kappa shape index (κ2) is 10.8. The van der Waals surface area contributed by atoms with Gasteiger partial charge in [-0.1, -0.05) is 29.8 Å². The van der Waals surface area contributed by atoms with Crippen LogP contribution in [0.25, 0.3) is 0 Å². The number of nitrogens with zero attached hydrogens (tertiary/aromatic N) is 4. The highest BCUT2D eigenvalue weighted by molar-refractivity contribution is 5.84. The fraction of sp³-hybridized carbons (Fsp3) is 0.478. The molecule has 0 unspecified atom stereocenters. The van der Waals surface area contributed by atoms with Gasteiger partial charge in [-0.25, -0.2) is 4.99 Å². The zero-order valence-electron chi connectivity index (χ0n) is 18.3. The van der Waals surface area contributed by atoms with Gasteiger partial charge in [-0.15, -0.1) is 0 Å². The van der Waals surface area contributed by atoms with Gasteiger partial charge in [0.2, 0.25) is 5.91 Å². The number of aryl methyl sites for hydroxylation is 1. The van der Waals surface area contributed by atoms with Gasteiger partial charge in [0.25, 0.3) is 0 Å². The summed E-state index contributed by atoms with van der Waals surface area (Å²) in [4.78, 5) is 22.9. The molecule has 1 saturated heterocycles. The van der Waals surface area contributed by atoms with Gasteiger partial charge in [0.15, 0.2) is 5.96 Å². The zero-order chi connectivity index (χ0) is 21.3. The third kappa shape index (κ3) is 6.62. The minimum Gasteiger partial charge on any atom is -0.469 e. The summed E-state index contributed by atoms with van der Waals surface area (Å²) in [6.45, 7) is 7.66. The number of piperazine rings is 1. The van der Waals surface area contributed by atoms with E-state index in [9.17, 15) is 4.79 Å². The first-order valence-corrected chi connectivity index (χ1v) is 10.5. The number of hydrogen-bond donors (Lipinski definition) is 1. The number of furan rings is 1. The van der Waals surface area contributed by atoms with E-state index in [-0.39, 0.29) is 12.5 Å². The standard InChI is InChI=1S/C23H33N5O2/c1-19-6-4-7-20(16-19)18-27-11-13-28(14-12-27)23(25-17-22(29)26(2)3)24-10-9-21-8-5-15-30-21/h4-8,15-16H,9-14,17-18H2,1-3H3,(H,24,25). The van der Waals surface area contributed by atoms with Crippen molar-refractivity contribution in [2.75, 3.05) is 53.4 Å². The van der Waals surface area contributed by atoms with E-state index in [2.05, 4.69) is 51.3 Å². The van der Waals surface area contributed by atoms with Gasteiger partial charge in [-0.2, -0.15) is 0 Å². The van der Waals surface area contributed by atoms with Crippen LogP contribution in [-0.4, -0.2) is 79.9 Å². The number of aliphatic imine (C=N–C) groups is 1. The number of amides is 1. The number of nitrogens with one attached hydrogen (secondary N) is 1. The second-order valence-electron chi connectivity index (χ2n) is 7.94. The van der Waals surface area contributed by atoms with Crippen molar-refractivity contribution in [2.45, 2.75) is 19.9 Å². The predicted molar refractivity (Wildman–Crippen MR) is 119 cm³/mol. The van der Waals surface area contributed by atoms with Crippen LogP contribution >= 0.6 is 0 Å². The molecule has 0 radical (unpaired) electrons. The molecular weight excluding hydrogens is 378 g/mol. The molecule has 1 fully saturated rings. The van der Waals surface area contributed by atoms with E-state index in [1.807, 2.05) is 12.1 Å². The van der Waals surface area contributed by atoms with Crippen LogP contribution in [0, 0.1) is 6.92 Å². The Kier molecular flexibility index (Phi) is 7.90. The maximum atomic E-state index is 12.0. The Morgan fingerprint density at radius 2 is 1.97 bits per heavy atom. The first-order chi connectivity index (χ1) is 14.5. The summed E-state index contributed by atoms with van der Waals surface area (Å²) in [6, 6.07) is 12.6. The quantitative estimate of drug-likeness (QED) is 0.558. The molecule has 0 bridgehead atoms. The van der Waals surface area contributed by atoms with Crippen molar-refractivity contribution in [1.29, 1.82) is 0 Å². The smallest absolute Gasteiger partial charge is 0.243 e. The van der Waals surface area contributed by atoms with Gasteiger partial charge in [0.1, 0.15) is 12.3 Å². The normalized spacial score (nSPS) is 15.3. The average Bonchev–Trinajstić information content (AvgIpc) is 3.24. The van der Waals surface area contributed by atoms with Crippen LogP contribution in [0.2, 0.25) is 0 Å². The molecule has 2 heterocycles. The van der Waals surface area contributed by atoms with Crippen LogP contribution in [0.1, 0.15) is 16.9 Å². The first-order valence-electron chi connectivity index (χ1n) is 10.5. The van der Waals surface area contributed by atoms with Gasteiger partial charge >= 0.3 is 0 Å². The third-order valence-electron chi connectivity index (χ3n) is 5.26. The molecule has 0 saturated carbocycles. The van der Waals surface area contributed by atoms with Crippen LogP contribution in [0.4, 0.5) is 0 Å². The largest absolute Gasteiger partial charge is 0.469 e. The molecule has 1 aromatic heterocycles. The molecule has 0 spiro atoms. The van der Waals surface area contributed by atoms with Crippen LogP contribution in [0.5, 0.6) is 0 Å². The molecule has 30 heavy (non-hydrogen) atoms. The Labute approximate surface area is 179 Å². The molecule has 1 N–H and O–H groups in total. The number of likely N-dealkylation sites (N-methyl/N-ethyl adjacent to an activating group) is 1. The molecule has 7 heteroatoms. The lowest BCUT2D eigenvalue weighted by Crippen LogP contribution is -2.52. The summed E-state index contributed by atoms with van der Waals surface area (Å²) in [6.07, 6.45) is 2.47. The lowest BCUT2D eigenvalue weighted by molar-refractivity contribution is -0.127. The highest BCUT2D eigenvalue weighted by Crippen LogP contribution is 2.11. The van der Waals surface area contributed by atoms with Crippen molar-refractivity contribution in [3.05, 3.63) is 59.5 Å². The first kappa shape index (κ1) is 21.9. The highest BCUT2D eigenvalue weighted by Gasteiger charge is 2.20. The predicted octanol–water partition coefficient (Wildman–Crippen LogP) is 1.98. The average molecular weight is 412 g/mol. The van der Waals surface area contributed by atoms with Crippen molar-refractivity contribution >= 4 is 11.9 Å². The van der Waals surface area contributed by atoms with Gasteiger partial charge in [0, 0.05) is 59.8 Å². The monoisotopic (exact) mass is 411 g/mol. The van der Waals surface area contributed by atoms with E-state index in [1.165, 1.54) is 11.1 Å². The van der Waals surface area contributed by atoms with E-state index in [4.69, 9.17) is 4.42 Å². The fourth-order valence-corrected chi connectivity index (χ4v) is 3.49. The molecule has 1 aliphatic rings. The lowest BCUT2D eigenvalue weighted by atomic mass is 10.1. The maximum Gasteiger partial charge on any atom is 0.243 e. The highest BCUT2D eigenvalue weighted by atomic mass is 16.3. The Hall–Kier alpha value is -2.80. The zero-order valence-corrected chi connectivity index (χ0v) is 18.3. The minimum absolute atomic E-state index is 0.00146. The summed E-state index contributed by atoms with van der Waals surface area (Å²) in [5.74, 6) is 1.74. The molecule has 3 rings (SSSR count). The molecular formula is C23H33N5O2. The van der Waals surface area contributed by atoms with Gasteiger partial charge in [-0.3, -0.25) is 9.69 Å². The van der Waals surface area contributed by atoms with Crippen molar-refractivity contribution in [1.82, 2.24) is 20.0 Å². The lowest BCUT2D eigenvalue weighted by Gasteiger charge is -2.36. The van der Waals surface area contributed by atoms with Crippen LogP contribution in [0.15, 0.2) is 52.1 Å². The maximum absolute atomic E-state index is 12.0. The number of guanidine groups is 1. The van der Waals surface area contributed by atoms with Gasteiger partial charge in [-0.05, 0) is 24.6 Å². The minimum atomic E-state index is -0.00146. The molecule has 0 aliphatic carbocycles. The van der Waals surface area contributed by atoms with Crippen molar-refractivity contribution in [3.8, 4) is 0 Å². The van der Waals surface area contributed by atoms with Crippen molar-refractivity contribution in [3.63, 3.8) is 0 Å². The van der Waals surface area contributed by atoms with E-state index in [1.54, 1.807) is 25.3 Å². The Morgan fingerprint density at radius 1 is 1.17 bits per heavy atom. The van der Waals surface area contributed by atoms with Crippen molar-refractivity contribution < 1.29 is 9.21 Å². The molecule has 162 valence electrons. The summed E-state index contributed by atoms with van der Waals surface area (Å²) in [5.41, 5.74) is 2.65. The fourth-order valence-electron chi connectivity index (χ4n) is 3.49. The summed E-state index contributed by atoms with van der Waals surface area (Å²) in [7, 11) is 3.51. The Bertz CT molecular complexity index is 824. The third-order valence-corrected chi connectivity index (χ3v) is 5.26. The number of benzene rings is 1. The van der Waals surface area contributed by atoms with Gasteiger partial charge < -0.3 is 19.5 Å². The van der Waals surface area contributed by atoms with Crippen LogP contribution in [0.3, 0.4) is 0 Å². The number of carbonyl (C=O) groups is 1. The molecule has 7 nitrogen and oxygen atoms in total. The summed E-state index contributed by atoms with van der Waals surface area (Å²) < 4.78 is 5.41. The number of carbonyl (C=O) groups excluding carboxylic acids is 1.